The maximum Gasteiger partial charge on any atom is 0.220 e. The van der Waals surface area contributed by atoms with Gasteiger partial charge in [0, 0.05) is 45.7 Å². The van der Waals surface area contributed by atoms with E-state index in [1.807, 2.05) is 19.2 Å². The lowest BCUT2D eigenvalue weighted by atomic mass is 9.96. The van der Waals surface area contributed by atoms with E-state index in [-0.39, 0.29) is 17.6 Å². The van der Waals surface area contributed by atoms with Crippen molar-refractivity contribution < 1.29 is 9.18 Å². The summed E-state index contributed by atoms with van der Waals surface area (Å²) in [7, 11) is 1.81. The number of primary amides is 1. The number of hydrogen-bond acceptors (Lipinski definition) is 4. The van der Waals surface area contributed by atoms with E-state index in [2.05, 4.69) is 25.0 Å². The molecule has 0 unspecified atom stereocenters. The molecule has 0 atom stereocenters. The van der Waals surface area contributed by atoms with Crippen molar-refractivity contribution in [3.8, 4) is 0 Å². The molecule has 2 aliphatic heterocycles. The van der Waals surface area contributed by atoms with Crippen molar-refractivity contribution >= 4 is 17.6 Å². The number of benzene rings is 1. The normalized spacial score (nSPS) is 19.2. The molecule has 2 aliphatic rings. The highest BCUT2D eigenvalue weighted by Crippen LogP contribution is 2.20. The molecule has 0 aliphatic carbocycles. The second kappa shape index (κ2) is 11.2. The number of piperazine rings is 1. The minimum Gasteiger partial charge on any atom is -0.369 e. The molecular formula is C22H35FN6O. The van der Waals surface area contributed by atoms with Crippen molar-refractivity contribution in [1.82, 2.24) is 15.1 Å². The summed E-state index contributed by atoms with van der Waals surface area (Å²) >= 11 is 0. The number of carbonyl (C=O) groups excluding carboxylic acids is 1. The molecule has 166 valence electrons. The van der Waals surface area contributed by atoms with Gasteiger partial charge in [0.1, 0.15) is 5.82 Å². The van der Waals surface area contributed by atoms with E-state index in [0.717, 1.165) is 84.0 Å². The summed E-state index contributed by atoms with van der Waals surface area (Å²) in [6.07, 6.45) is 3.97. The highest BCUT2D eigenvalue weighted by Gasteiger charge is 2.23. The fourth-order valence-electron chi connectivity index (χ4n) is 4.30. The number of nitrogens with one attached hydrogen (secondary N) is 1. The van der Waals surface area contributed by atoms with Crippen molar-refractivity contribution in [3.63, 3.8) is 0 Å². The van der Waals surface area contributed by atoms with E-state index in [9.17, 15) is 9.18 Å². The molecular weight excluding hydrogens is 383 g/mol. The van der Waals surface area contributed by atoms with Gasteiger partial charge < -0.3 is 25.8 Å². The highest BCUT2D eigenvalue weighted by atomic mass is 19.1. The molecule has 0 aromatic heterocycles. The van der Waals surface area contributed by atoms with E-state index >= 15 is 0 Å². The lowest BCUT2D eigenvalue weighted by Crippen LogP contribution is -2.52. The van der Waals surface area contributed by atoms with Crippen LogP contribution in [-0.2, 0) is 4.79 Å². The Hall–Kier alpha value is -2.35. The third kappa shape index (κ3) is 6.08. The summed E-state index contributed by atoms with van der Waals surface area (Å²) in [4.78, 5) is 22.4. The maximum absolute atomic E-state index is 14.0. The number of hydrogen-bond donors (Lipinski definition) is 2. The van der Waals surface area contributed by atoms with Gasteiger partial charge in [-0.25, -0.2) is 4.39 Å². The Bertz CT molecular complexity index is 711. The SMILES string of the molecule is CN=C(NCCCCN1CCC(C(N)=O)CC1)N1CCN(c2ccccc2F)CC1. The largest absolute Gasteiger partial charge is 0.369 e. The van der Waals surface area contributed by atoms with Crippen LogP contribution in [0, 0.1) is 11.7 Å². The van der Waals surface area contributed by atoms with Gasteiger partial charge in [0.25, 0.3) is 0 Å². The van der Waals surface area contributed by atoms with Gasteiger partial charge in [-0.1, -0.05) is 12.1 Å². The number of nitrogens with zero attached hydrogens (tertiary/aromatic N) is 4. The molecule has 7 nitrogen and oxygen atoms in total. The van der Waals surface area contributed by atoms with E-state index in [4.69, 9.17) is 5.73 Å². The lowest BCUT2D eigenvalue weighted by Gasteiger charge is -2.37. The van der Waals surface area contributed by atoms with Gasteiger partial charge in [-0.05, 0) is 57.5 Å². The Labute approximate surface area is 179 Å². The first-order chi connectivity index (χ1) is 14.6. The molecule has 30 heavy (non-hydrogen) atoms. The predicted molar refractivity (Wildman–Crippen MR) is 119 cm³/mol. The van der Waals surface area contributed by atoms with Gasteiger partial charge in [-0.15, -0.1) is 0 Å². The summed E-state index contributed by atoms with van der Waals surface area (Å²) in [6.45, 7) is 7.09. The summed E-state index contributed by atoms with van der Waals surface area (Å²) in [5.74, 6) is 0.669. The lowest BCUT2D eigenvalue weighted by molar-refractivity contribution is -0.123. The third-order valence-corrected chi connectivity index (χ3v) is 6.16. The monoisotopic (exact) mass is 418 g/mol. The van der Waals surface area contributed by atoms with Crippen LogP contribution in [0.3, 0.4) is 0 Å². The molecule has 0 saturated carbocycles. The zero-order valence-corrected chi connectivity index (χ0v) is 18.0. The van der Waals surface area contributed by atoms with E-state index in [1.54, 1.807) is 6.07 Å². The number of anilines is 1. The Balaban J connectivity index is 1.32. The molecule has 2 saturated heterocycles. The number of aliphatic imine (C=N–C) groups is 1. The minimum absolute atomic E-state index is 0.0603. The summed E-state index contributed by atoms with van der Waals surface area (Å²) in [5.41, 5.74) is 6.08. The quantitative estimate of drug-likeness (QED) is 0.399. The number of guanidine groups is 1. The van der Waals surface area contributed by atoms with Gasteiger partial charge in [-0.3, -0.25) is 9.79 Å². The van der Waals surface area contributed by atoms with Crippen molar-refractivity contribution in [2.24, 2.45) is 16.6 Å². The molecule has 2 heterocycles. The average Bonchev–Trinajstić information content (AvgIpc) is 2.77. The standard InChI is InChI=1S/C22H35FN6O/c1-25-22(26-10-4-5-11-27-12-8-18(9-13-27)21(24)30)29-16-14-28(15-17-29)20-7-3-2-6-19(20)23/h2-3,6-7,18H,4-5,8-17H2,1H3,(H2,24,30)(H,25,26). The van der Waals surface area contributed by atoms with Crippen molar-refractivity contribution in [1.29, 1.82) is 0 Å². The van der Waals surface area contributed by atoms with Crippen molar-refractivity contribution in [2.45, 2.75) is 25.7 Å². The number of nitrogens with two attached hydrogens (primary N) is 1. The smallest absolute Gasteiger partial charge is 0.220 e. The number of rotatable bonds is 7. The van der Waals surface area contributed by atoms with Crippen LogP contribution < -0.4 is 16.0 Å². The Morgan fingerprint density at radius 3 is 2.47 bits per heavy atom. The number of unbranched alkanes of at least 4 members (excludes halogenated alkanes) is 1. The Morgan fingerprint density at radius 2 is 1.83 bits per heavy atom. The molecule has 8 heteroatoms. The second-order valence-electron chi connectivity index (χ2n) is 8.12. The van der Waals surface area contributed by atoms with Crippen molar-refractivity contribution in [3.05, 3.63) is 30.1 Å². The summed E-state index contributed by atoms with van der Waals surface area (Å²) in [5, 5.41) is 3.47. The number of halogens is 1. The molecule has 1 aromatic carbocycles. The molecule has 0 spiro atoms. The molecule has 3 rings (SSSR count). The molecule has 1 aromatic rings. The topological polar surface area (TPSA) is 77.2 Å². The van der Waals surface area contributed by atoms with Crippen LogP contribution in [0.4, 0.5) is 10.1 Å². The minimum atomic E-state index is -0.160. The van der Waals surface area contributed by atoms with Gasteiger partial charge in [-0.2, -0.15) is 0 Å². The molecule has 3 N–H and O–H groups in total. The first kappa shape index (κ1) is 22.3. The van der Waals surface area contributed by atoms with Gasteiger partial charge >= 0.3 is 0 Å². The van der Waals surface area contributed by atoms with Gasteiger partial charge in [0.05, 0.1) is 5.69 Å². The molecule has 0 bridgehead atoms. The van der Waals surface area contributed by atoms with Crippen LogP contribution in [0.5, 0.6) is 0 Å². The number of likely N-dealkylation sites (tertiary alicyclic amines) is 1. The number of amides is 1. The van der Waals surface area contributed by atoms with E-state index in [0.29, 0.717) is 5.69 Å². The van der Waals surface area contributed by atoms with Gasteiger partial charge in [0.2, 0.25) is 5.91 Å². The van der Waals surface area contributed by atoms with Crippen LogP contribution >= 0.6 is 0 Å². The van der Waals surface area contributed by atoms with Crippen molar-refractivity contribution in [2.75, 3.05) is 64.3 Å². The Kier molecular flexibility index (Phi) is 8.30. The fraction of sp³-hybridized carbons (Fsp3) is 0.636. The molecule has 0 radical (unpaired) electrons. The third-order valence-electron chi connectivity index (χ3n) is 6.16. The van der Waals surface area contributed by atoms with E-state index < -0.39 is 0 Å². The highest BCUT2D eigenvalue weighted by molar-refractivity contribution is 5.80. The van der Waals surface area contributed by atoms with Crippen LogP contribution in [0.25, 0.3) is 0 Å². The van der Waals surface area contributed by atoms with Crippen LogP contribution in [-0.4, -0.2) is 81.1 Å². The van der Waals surface area contributed by atoms with Crippen LogP contribution in [0.1, 0.15) is 25.7 Å². The van der Waals surface area contributed by atoms with Gasteiger partial charge in [0.15, 0.2) is 5.96 Å². The number of para-hydroxylation sites is 1. The fourth-order valence-corrected chi connectivity index (χ4v) is 4.30. The first-order valence-electron chi connectivity index (χ1n) is 11.0. The Morgan fingerprint density at radius 1 is 1.13 bits per heavy atom. The zero-order chi connectivity index (χ0) is 21.3. The first-order valence-corrected chi connectivity index (χ1v) is 11.0. The zero-order valence-electron chi connectivity index (χ0n) is 18.0. The molecule has 2 fully saturated rings. The predicted octanol–water partition coefficient (Wildman–Crippen LogP) is 1.50. The van der Waals surface area contributed by atoms with Crippen LogP contribution in [0.15, 0.2) is 29.3 Å². The molecule has 1 amide bonds. The maximum atomic E-state index is 14.0. The second-order valence-corrected chi connectivity index (χ2v) is 8.12. The summed E-state index contributed by atoms with van der Waals surface area (Å²) in [6, 6.07) is 6.96. The van der Waals surface area contributed by atoms with E-state index in [1.165, 1.54) is 6.07 Å². The summed E-state index contributed by atoms with van der Waals surface area (Å²) < 4.78 is 14.0. The average molecular weight is 419 g/mol. The number of carbonyl (C=O) groups is 1. The number of piperidine rings is 1. The van der Waals surface area contributed by atoms with Crippen LogP contribution in [0.2, 0.25) is 0 Å².